The van der Waals surface area contributed by atoms with Crippen molar-refractivity contribution < 1.29 is 9.59 Å². The number of carbonyl (C=O) groups is 2. The summed E-state index contributed by atoms with van der Waals surface area (Å²) in [4.78, 5) is 29.6. The monoisotopic (exact) mass is 489 g/mol. The molecule has 1 unspecified atom stereocenters. The molecule has 1 N–H and O–H groups in total. The van der Waals surface area contributed by atoms with Gasteiger partial charge >= 0.3 is 0 Å². The molecule has 8 heteroatoms. The Morgan fingerprint density at radius 3 is 2.40 bits per heavy atom. The Hall–Kier alpha value is -3.45. The molecule has 1 atom stereocenters. The van der Waals surface area contributed by atoms with Gasteiger partial charge in [0.05, 0.1) is 16.5 Å². The number of halogens is 1. The van der Waals surface area contributed by atoms with Crippen molar-refractivity contribution in [3.8, 4) is 0 Å². The molecule has 3 heterocycles. The van der Waals surface area contributed by atoms with E-state index in [9.17, 15) is 9.59 Å². The predicted molar refractivity (Wildman–Crippen MR) is 137 cm³/mol. The first-order chi connectivity index (χ1) is 17.1. The fraction of sp³-hybridized carbons (Fsp3) is 0.333. The van der Waals surface area contributed by atoms with Crippen LogP contribution >= 0.6 is 11.6 Å². The van der Waals surface area contributed by atoms with Crippen LogP contribution < -0.4 is 10.2 Å². The van der Waals surface area contributed by atoms with Gasteiger partial charge in [0.25, 0.3) is 5.91 Å². The molecular formula is C27H28ClN5O2. The molecule has 0 spiro atoms. The minimum Gasteiger partial charge on any atom is -0.354 e. The lowest BCUT2D eigenvalue weighted by Crippen LogP contribution is -2.38. The van der Waals surface area contributed by atoms with E-state index in [1.165, 1.54) is 5.56 Å². The van der Waals surface area contributed by atoms with Gasteiger partial charge in [-0.1, -0.05) is 35.9 Å². The summed E-state index contributed by atoms with van der Waals surface area (Å²) in [6, 6.07) is 19.1. The van der Waals surface area contributed by atoms with Crippen molar-refractivity contribution in [3.63, 3.8) is 0 Å². The van der Waals surface area contributed by atoms with E-state index in [1.807, 2.05) is 41.3 Å². The average Bonchev–Trinajstić information content (AvgIpc) is 3.41. The number of nitrogens with zero attached hydrogens (tertiary/aromatic N) is 4. The van der Waals surface area contributed by atoms with Crippen LogP contribution in [0, 0.1) is 5.92 Å². The van der Waals surface area contributed by atoms with Crippen LogP contribution in [0.1, 0.15) is 41.1 Å². The van der Waals surface area contributed by atoms with Gasteiger partial charge in [0.1, 0.15) is 0 Å². The molecular weight excluding hydrogens is 462 g/mol. The molecule has 0 saturated carbocycles. The van der Waals surface area contributed by atoms with Gasteiger partial charge in [-0.25, -0.2) is 0 Å². The minimum absolute atomic E-state index is 0.00287. The van der Waals surface area contributed by atoms with Crippen molar-refractivity contribution >= 4 is 34.9 Å². The number of rotatable bonds is 5. The van der Waals surface area contributed by atoms with Gasteiger partial charge in [0.15, 0.2) is 5.82 Å². The molecule has 2 aliphatic rings. The Morgan fingerprint density at radius 1 is 0.914 bits per heavy atom. The van der Waals surface area contributed by atoms with Crippen molar-refractivity contribution in [3.05, 3.63) is 83.0 Å². The second-order valence-electron chi connectivity index (χ2n) is 9.17. The van der Waals surface area contributed by atoms with E-state index in [0.717, 1.165) is 37.3 Å². The summed E-state index contributed by atoms with van der Waals surface area (Å²) >= 11 is 6.21. The molecule has 5 rings (SSSR count). The van der Waals surface area contributed by atoms with Gasteiger partial charge < -0.3 is 15.1 Å². The number of nitrogens with one attached hydrogen (secondary N) is 1. The minimum atomic E-state index is -0.0725. The van der Waals surface area contributed by atoms with Crippen LogP contribution in [0.4, 0.5) is 11.5 Å². The summed E-state index contributed by atoms with van der Waals surface area (Å²) in [6.45, 7) is 2.86. The summed E-state index contributed by atoms with van der Waals surface area (Å²) in [5, 5.41) is 11.6. The number of piperidine rings is 1. The van der Waals surface area contributed by atoms with Gasteiger partial charge in [-0.05, 0) is 67.1 Å². The zero-order valence-corrected chi connectivity index (χ0v) is 20.2. The summed E-state index contributed by atoms with van der Waals surface area (Å²) in [5.74, 6) is 1.17. The largest absolute Gasteiger partial charge is 0.354 e. The van der Waals surface area contributed by atoms with Crippen molar-refractivity contribution in [1.82, 2.24) is 15.1 Å². The van der Waals surface area contributed by atoms with E-state index in [1.54, 1.807) is 18.3 Å². The van der Waals surface area contributed by atoms with E-state index in [4.69, 9.17) is 11.6 Å². The zero-order valence-electron chi connectivity index (χ0n) is 19.4. The molecule has 2 fully saturated rings. The number of anilines is 2. The van der Waals surface area contributed by atoms with Crippen molar-refractivity contribution in [2.45, 2.75) is 25.2 Å². The third-order valence-corrected chi connectivity index (χ3v) is 7.31. The Bertz CT molecular complexity index is 1180. The summed E-state index contributed by atoms with van der Waals surface area (Å²) in [5.41, 5.74) is 2.61. The lowest BCUT2D eigenvalue weighted by atomic mass is 9.89. The van der Waals surface area contributed by atoms with Crippen LogP contribution in [-0.2, 0) is 4.79 Å². The Morgan fingerprint density at radius 2 is 1.69 bits per heavy atom. The number of benzene rings is 2. The highest BCUT2D eigenvalue weighted by molar-refractivity contribution is 6.33. The number of carbonyl (C=O) groups excluding carboxylic acids is 2. The maximum atomic E-state index is 12.8. The second-order valence-corrected chi connectivity index (χ2v) is 9.58. The zero-order chi connectivity index (χ0) is 24.2. The lowest BCUT2D eigenvalue weighted by Gasteiger charge is -2.32. The van der Waals surface area contributed by atoms with E-state index in [0.29, 0.717) is 36.1 Å². The SMILES string of the molecule is O=C(Nc1ccc(C2CCN(C(=O)c3ccccc3Cl)CC2)cc1)C1CCN(c2cccnn2)C1. The molecule has 180 valence electrons. The number of likely N-dealkylation sites (tertiary alicyclic amines) is 1. The Kier molecular flexibility index (Phi) is 6.95. The van der Waals surface area contributed by atoms with Crippen LogP contribution in [0.2, 0.25) is 5.02 Å². The molecule has 35 heavy (non-hydrogen) atoms. The molecule has 2 saturated heterocycles. The molecule has 2 aliphatic heterocycles. The van der Waals surface area contributed by atoms with Crippen molar-refractivity contribution in [1.29, 1.82) is 0 Å². The van der Waals surface area contributed by atoms with Gasteiger partial charge in [-0.2, -0.15) is 5.10 Å². The second kappa shape index (κ2) is 10.4. The molecule has 0 aliphatic carbocycles. The topological polar surface area (TPSA) is 78.4 Å². The third kappa shape index (κ3) is 5.30. The quantitative estimate of drug-likeness (QED) is 0.566. The van der Waals surface area contributed by atoms with Crippen molar-refractivity contribution in [2.24, 2.45) is 5.92 Å². The molecule has 0 bridgehead atoms. The highest BCUT2D eigenvalue weighted by Crippen LogP contribution is 2.30. The van der Waals surface area contributed by atoms with Gasteiger partial charge in [-0.3, -0.25) is 9.59 Å². The van der Waals surface area contributed by atoms with Crippen LogP contribution in [-0.4, -0.2) is 53.1 Å². The van der Waals surface area contributed by atoms with Crippen LogP contribution in [0.25, 0.3) is 0 Å². The highest BCUT2D eigenvalue weighted by atomic mass is 35.5. The number of amides is 2. The molecule has 7 nitrogen and oxygen atoms in total. The molecule has 0 radical (unpaired) electrons. The molecule has 1 aromatic heterocycles. The van der Waals surface area contributed by atoms with E-state index >= 15 is 0 Å². The van der Waals surface area contributed by atoms with Crippen molar-refractivity contribution in [2.75, 3.05) is 36.4 Å². The summed E-state index contributed by atoms with van der Waals surface area (Å²) < 4.78 is 0. The van der Waals surface area contributed by atoms with E-state index in [2.05, 4.69) is 32.5 Å². The highest BCUT2D eigenvalue weighted by Gasteiger charge is 2.29. The standard InChI is InChI=1S/C27H28ClN5O2/c28-24-5-2-1-4-23(24)27(35)32-15-11-20(12-16-32)19-7-9-22(10-8-19)30-26(34)21-13-17-33(18-21)25-6-3-14-29-31-25/h1-10,14,20-21H,11-13,15-18H2,(H,30,34). The maximum Gasteiger partial charge on any atom is 0.255 e. The summed E-state index contributed by atoms with van der Waals surface area (Å²) in [6.07, 6.45) is 4.26. The first-order valence-electron chi connectivity index (χ1n) is 12.1. The average molecular weight is 490 g/mol. The van der Waals surface area contributed by atoms with E-state index < -0.39 is 0 Å². The number of hydrogen-bond donors (Lipinski definition) is 1. The summed E-state index contributed by atoms with van der Waals surface area (Å²) in [7, 11) is 0. The number of hydrogen-bond acceptors (Lipinski definition) is 5. The maximum absolute atomic E-state index is 12.8. The normalized spacial score (nSPS) is 18.5. The molecule has 3 aromatic rings. The fourth-order valence-corrected chi connectivity index (χ4v) is 5.16. The van der Waals surface area contributed by atoms with E-state index in [-0.39, 0.29) is 17.7 Å². The third-order valence-electron chi connectivity index (χ3n) is 6.98. The molecule has 2 aromatic carbocycles. The Labute approximate surface area is 210 Å². The smallest absolute Gasteiger partial charge is 0.255 e. The fourth-order valence-electron chi connectivity index (χ4n) is 4.95. The van der Waals surface area contributed by atoms with Gasteiger partial charge in [0.2, 0.25) is 5.91 Å². The Balaban J connectivity index is 1.13. The predicted octanol–water partition coefficient (Wildman–Crippen LogP) is 4.61. The van der Waals surface area contributed by atoms with Gasteiger partial charge in [0, 0.05) is 38.1 Å². The molecule has 2 amide bonds. The lowest BCUT2D eigenvalue weighted by molar-refractivity contribution is -0.119. The van der Waals surface area contributed by atoms with Crippen LogP contribution in [0.15, 0.2) is 66.9 Å². The van der Waals surface area contributed by atoms with Gasteiger partial charge in [-0.15, -0.1) is 5.10 Å². The first-order valence-corrected chi connectivity index (χ1v) is 12.4. The van der Waals surface area contributed by atoms with Crippen LogP contribution in [0.3, 0.4) is 0 Å². The van der Waals surface area contributed by atoms with Crippen LogP contribution in [0.5, 0.6) is 0 Å². The number of aromatic nitrogens is 2. The first kappa shape index (κ1) is 23.3.